The Labute approximate surface area is 182 Å². The number of rotatable bonds is 6. The number of amides is 2. The summed E-state index contributed by atoms with van der Waals surface area (Å²) in [5.41, 5.74) is -1.45. The minimum atomic E-state index is -4.73. The van der Waals surface area contributed by atoms with Gasteiger partial charge in [-0.05, 0) is 30.3 Å². The van der Waals surface area contributed by atoms with Gasteiger partial charge in [0.25, 0.3) is 5.91 Å². The number of piperazine rings is 1. The topological polar surface area (TPSA) is 98.8 Å². The van der Waals surface area contributed by atoms with Crippen molar-refractivity contribution in [2.24, 2.45) is 0 Å². The van der Waals surface area contributed by atoms with Crippen LogP contribution in [0.3, 0.4) is 0 Å². The molecule has 170 valence electrons. The molecular weight excluding hydrogens is 429 g/mol. The molecule has 1 aromatic carbocycles. The van der Waals surface area contributed by atoms with Crippen LogP contribution in [0.2, 0.25) is 0 Å². The van der Waals surface area contributed by atoms with Crippen molar-refractivity contribution in [2.75, 3.05) is 44.8 Å². The number of hydrogen-bond donors (Lipinski definition) is 1. The average molecular weight is 450 g/mol. The van der Waals surface area contributed by atoms with E-state index in [1.54, 1.807) is 12.1 Å². The van der Waals surface area contributed by atoms with Crippen molar-refractivity contribution in [3.05, 3.63) is 53.5 Å². The second kappa shape index (κ2) is 9.74. The van der Waals surface area contributed by atoms with Crippen LogP contribution in [-0.4, -0.2) is 62.7 Å². The summed E-state index contributed by atoms with van der Waals surface area (Å²) in [6.45, 7) is 0.677. The molecule has 1 unspecified atom stereocenters. The number of nitriles is 1. The molecule has 1 N–H and O–H groups in total. The molecule has 0 aliphatic carbocycles. The Kier molecular flexibility index (Phi) is 7.05. The molecule has 1 aromatic heterocycles. The van der Waals surface area contributed by atoms with Gasteiger partial charge in [-0.2, -0.15) is 18.4 Å². The van der Waals surface area contributed by atoms with Crippen molar-refractivity contribution in [2.45, 2.75) is 12.2 Å². The summed E-state index contributed by atoms with van der Waals surface area (Å²) >= 11 is 0. The highest BCUT2D eigenvalue weighted by molar-refractivity contribution is 5.93. The summed E-state index contributed by atoms with van der Waals surface area (Å²) in [6, 6.07) is 6.96. The van der Waals surface area contributed by atoms with Gasteiger partial charge >= 0.3 is 6.18 Å². The molecule has 2 aromatic rings. The molecule has 0 spiro atoms. The molecule has 0 radical (unpaired) electrons. The number of anilines is 1. The number of carbonyl (C=O) groups excluding carboxylic acids is 2. The van der Waals surface area contributed by atoms with Crippen molar-refractivity contribution in [3.8, 4) is 6.07 Å². The summed E-state index contributed by atoms with van der Waals surface area (Å²) < 4.78 is 50.4. The molecule has 1 aliphatic rings. The number of hydrogen-bond acceptors (Lipinski definition) is 6. The van der Waals surface area contributed by atoms with Crippen LogP contribution < -0.4 is 10.2 Å². The number of halogens is 3. The van der Waals surface area contributed by atoms with Crippen LogP contribution in [0.25, 0.3) is 0 Å². The molecule has 11 heteroatoms. The van der Waals surface area contributed by atoms with Gasteiger partial charge in [0.1, 0.15) is 6.04 Å². The first-order chi connectivity index (χ1) is 15.3. The molecule has 3 rings (SSSR count). The first-order valence-corrected chi connectivity index (χ1v) is 9.73. The molecule has 0 bridgehead atoms. The number of carbonyl (C=O) groups is 2. The smallest absolute Gasteiger partial charge is 0.417 e. The van der Waals surface area contributed by atoms with Crippen LogP contribution in [0, 0.1) is 11.3 Å². The minimum Gasteiger partial charge on any atom is -0.459 e. The van der Waals surface area contributed by atoms with E-state index in [4.69, 9.17) is 14.4 Å². The van der Waals surface area contributed by atoms with Crippen LogP contribution in [-0.2, 0) is 15.7 Å². The Balaban J connectivity index is 1.91. The molecule has 1 saturated heterocycles. The van der Waals surface area contributed by atoms with Gasteiger partial charge in [0.2, 0.25) is 5.91 Å². The number of nitrogens with one attached hydrogen (secondary N) is 1. The number of alkyl halides is 3. The highest BCUT2D eigenvalue weighted by Gasteiger charge is 2.38. The van der Waals surface area contributed by atoms with Crippen molar-refractivity contribution >= 4 is 17.5 Å². The zero-order valence-electron chi connectivity index (χ0n) is 17.2. The quantitative estimate of drug-likeness (QED) is 0.678. The van der Waals surface area contributed by atoms with E-state index in [-0.39, 0.29) is 44.2 Å². The number of methoxy groups -OCH3 is 1. The monoisotopic (exact) mass is 450 g/mol. The van der Waals surface area contributed by atoms with Crippen LogP contribution in [0.15, 0.2) is 41.0 Å². The van der Waals surface area contributed by atoms with Gasteiger partial charge in [-0.1, -0.05) is 0 Å². The van der Waals surface area contributed by atoms with Gasteiger partial charge in [0, 0.05) is 32.4 Å². The van der Waals surface area contributed by atoms with E-state index in [1.807, 2.05) is 0 Å². The van der Waals surface area contributed by atoms with E-state index in [0.29, 0.717) is 0 Å². The minimum absolute atomic E-state index is 0.0559. The summed E-state index contributed by atoms with van der Waals surface area (Å²) in [7, 11) is 1.47. The molecule has 1 fully saturated rings. The zero-order valence-corrected chi connectivity index (χ0v) is 17.2. The zero-order chi connectivity index (χ0) is 23.3. The fourth-order valence-electron chi connectivity index (χ4n) is 3.49. The number of nitrogens with zero attached hydrogens (tertiary/aromatic N) is 3. The first kappa shape index (κ1) is 23.1. The summed E-state index contributed by atoms with van der Waals surface area (Å²) in [5.74, 6) is -0.771. The number of benzene rings is 1. The van der Waals surface area contributed by atoms with Crippen LogP contribution >= 0.6 is 0 Å². The third kappa shape index (κ3) is 5.03. The Hall–Kier alpha value is -3.52. The SMILES string of the molecule is COCCNC(=O)C1CN(C(=O)c2ccco2)CCN1c1ccc(C#N)c(C(F)(F)F)c1. The fourth-order valence-corrected chi connectivity index (χ4v) is 3.49. The number of furan rings is 1. The van der Waals surface area contributed by atoms with Gasteiger partial charge < -0.3 is 24.3 Å². The summed E-state index contributed by atoms with van der Waals surface area (Å²) in [5, 5.41) is 11.7. The molecule has 0 saturated carbocycles. The highest BCUT2D eigenvalue weighted by Crippen LogP contribution is 2.35. The van der Waals surface area contributed by atoms with E-state index in [1.165, 1.54) is 35.3 Å². The van der Waals surface area contributed by atoms with Crippen molar-refractivity contribution in [1.29, 1.82) is 5.26 Å². The molecule has 2 amide bonds. The second-order valence-corrected chi connectivity index (χ2v) is 7.06. The summed E-state index contributed by atoms with van der Waals surface area (Å²) in [6.07, 6.45) is -3.37. The summed E-state index contributed by atoms with van der Waals surface area (Å²) in [4.78, 5) is 28.5. The highest BCUT2D eigenvalue weighted by atomic mass is 19.4. The average Bonchev–Trinajstić information content (AvgIpc) is 3.32. The maximum atomic E-state index is 13.4. The van der Waals surface area contributed by atoms with Gasteiger partial charge in [-0.15, -0.1) is 0 Å². The predicted octanol–water partition coefficient (Wildman–Crippen LogP) is 2.26. The Morgan fingerprint density at radius 2 is 2.09 bits per heavy atom. The Morgan fingerprint density at radius 3 is 2.72 bits per heavy atom. The van der Waals surface area contributed by atoms with Crippen LogP contribution in [0.5, 0.6) is 0 Å². The van der Waals surface area contributed by atoms with Crippen LogP contribution in [0.1, 0.15) is 21.7 Å². The van der Waals surface area contributed by atoms with E-state index in [2.05, 4.69) is 5.32 Å². The maximum Gasteiger partial charge on any atom is 0.417 e. The lowest BCUT2D eigenvalue weighted by molar-refractivity contribution is -0.137. The van der Waals surface area contributed by atoms with Crippen molar-refractivity contribution in [1.82, 2.24) is 10.2 Å². The predicted molar refractivity (Wildman–Crippen MR) is 107 cm³/mol. The van der Waals surface area contributed by atoms with E-state index in [0.717, 1.165) is 12.1 Å². The Morgan fingerprint density at radius 1 is 1.31 bits per heavy atom. The largest absolute Gasteiger partial charge is 0.459 e. The van der Waals surface area contributed by atoms with Crippen molar-refractivity contribution in [3.63, 3.8) is 0 Å². The number of ether oxygens (including phenoxy) is 1. The molecule has 8 nitrogen and oxygen atoms in total. The van der Waals surface area contributed by atoms with Crippen LogP contribution in [0.4, 0.5) is 18.9 Å². The molecule has 2 heterocycles. The lowest BCUT2D eigenvalue weighted by Crippen LogP contribution is -2.60. The molecular formula is C21H21F3N4O4. The van der Waals surface area contributed by atoms with Gasteiger partial charge in [-0.3, -0.25) is 9.59 Å². The fraction of sp³-hybridized carbons (Fsp3) is 0.381. The maximum absolute atomic E-state index is 13.4. The third-order valence-corrected chi connectivity index (χ3v) is 5.07. The van der Waals surface area contributed by atoms with E-state index in [9.17, 15) is 22.8 Å². The van der Waals surface area contributed by atoms with Gasteiger partial charge in [0.15, 0.2) is 5.76 Å². The lowest BCUT2D eigenvalue weighted by atomic mass is 10.0. The molecule has 1 atom stereocenters. The van der Waals surface area contributed by atoms with Gasteiger partial charge in [0.05, 0.1) is 36.6 Å². The lowest BCUT2D eigenvalue weighted by Gasteiger charge is -2.41. The van der Waals surface area contributed by atoms with Crippen molar-refractivity contribution < 1.29 is 31.9 Å². The molecule has 32 heavy (non-hydrogen) atoms. The van der Waals surface area contributed by atoms with E-state index >= 15 is 0 Å². The second-order valence-electron chi connectivity index (χ2n) is 7.06. The van der Waals surface area contributed by atoms with E-state index < -0.39 is 35.2 Å². The Bertz CT molecular complexity index is 1000. The third-order valence-electron chi connectivity index (χ3n) is 5.07. The molecule has 1 aliphatic heterocycles. The van der Waals surface area contributed by atoms with Gasteiger partial charge in [-0.25, -0.2) is 0 Å². The standard InChI is InChI=1S/C21H21F3N4O4/c1-31-10-6-26-19(29)17-13-27(20(30)18-3-2-9-32-18)7-8-28(17)15-5-4-14(12-25)16(11-15)21(22,23)24/h2-5,9,11,17H,6-8,10,13H2,1H3,(H,26,29). The normalized spacial score (nSPS) is 16.5. The first-order valence-electron chi connectivity index (χ1n) is 9.73.